The molecule has 140 valence electrons. The molecule has 28 heavy (non-hydrogen) atoms. The second-order valence-electron chi connectivity index (χ2n) is 5.96. The summed E-state index contributed by atoms with van der Waals surface area (Å²) in [5.74, 6) is 0.136. The molecule has 0 atom stereocenters. The molecule has 0 aliphatic rings. The fourth-order valence-electron chi connectivity index (χ4n) is 2.57. The Bertz CT molecular complexity index is 980. The van der Waals surface area contributed by atoms with Gasteiger partial charge in [-0.1, -0.05) is 42.5 Å². The van der Waals surface area contributed by atoms with Crippen molar-refractivity contribution in [1.29, 1.82) is 0 Å². The van der Waals surface area contributed by atoms with Crippen LogP contribution < -0.4 is 15.4 Å². The minimum Gasteiger partial charge on any atom is -0.497 e. The summed E-state index contributed by atoms with van der Waals surface area (Å²) in [5, 5.41) is 5.58. The van der Waals surface area contributed by atoms with E-state index >= 15 is 0 Å². The summed E-state index contributed by atoms with van der Waals surface area (Å²) >= 11 is 0. The van der Waals surface area contributed by atoms with Gasteiger partial charge in [0.05, 0.1) is 18.4 Å². The molecule has 0 unspecified atom stereocenters. The number of carbonyl (C=O) groups excluding carboxylic acids is 2. The number of carbonyl (C=O) groups is 2. The highest BCUT2D eigenvalue weighted by molar-refractivity contribution is 6.11. The van der Waals surface area contributed by atoms with Gasteiger partial charge in [0.15, 0.2) is 0 Å². The predicted octanol–water partition coefficient (Wildman–Crippen LogP) is 4.60. The molecule has 0 aliphatic heterocycles. The molecule has 2 amide bonds. The number of anilines is 2. The standard InChI is InChI=1S/C23H20N2O3/c1-28-19-14-11-17(12-15-19)13-16-22(26)25-21-10-6-5-9-20(21)23(27)24-18-7-3-2-4-8-18/h2-16H,1H3,(H,24,27)(H,25,26)/b16-13+. The minimum atomic E-state index is -0.323. The lowest BCUT2D eigenvalue weighted by Crippen LogP contribution is -2.16. The molecule has 0 heterocycles. The lowest BCUT2D eigenvalue weighted by atomic mass is 10.1. The van der Waals surface area contributed by atoms with Gasteiger partial charge in [0.1, 0.15) is 5.75 Å². The lowest BCUT2D eigenvalue weighted by molar-refractivity contribution is -0.111. The molecular formula is C23H20N2O3. The summed E-state index contributed by atoms with van der Waals surface area (Å²) in [7, 11) is 1.60. The van der Waals surface area contributed by atoms with E-state index in [2.05, 4.69) is 10.6 Å². The molecule has 0 spiro atoms. The van der Waals surface area contributed by atoms with Crippen molar-refractivity contribution >= 4 is 29.3 Å². The summed E-state index contributed by atoms with van der Waals surface area (Å²) in [6, 6.07) is 23.4. The quantitative estimate of drug-likeness (QED) is 0.622. The monoisotopic (exact) mass is 372 g/mol. The largest absolute Gasteiger partial charge is 0.497 e. The molecule has 2 N–H and O–H groups in total. The fourth-order valence-corrected chi connectivity index (χ4v) is 2.57. The van der Waals surface area contributed by atoms with E-state index in [0.29, 0.717) is 16.9 Å². The van der Waals surface area contributed by atoms with Crippen LogP contribution in [0.5, 0.6) is 5.75 Å². The van der Waals surface area contributed by atoms with Crippen LogP contribution in [0.2, 0.25) is 0 Å². The van der Waals surface area contributed by atoms with Crippen LogP contribution >= 0.6 is 0 Å². The second-order valence-corrected chi connectivity index (χ2v) is 5.96. The van der Waals surface area contributed by atoms with Gasteiger partial charge in [-0.05, 0) is 48.0 Å². The van der Waals surface area contributed by atoms with Gasteiger partial charge < -0.3 is 15.4 Å². The highest BCUT2D eigenvalue weighted by Crippen LogP contribution is 2.18. The number of methoxy groups -OCH3 is 1. The molecule has 0 saturated carbocycles. The Hall–Kier alpha value is -3.86. The highest BCUT2D eigenvalue weighted by atomic mass is 16.5. The summed E-state index contributed by atoms with van der Waals surface area (Å²) in [6.45, 7) is 0. The Morgan fingerprint density at radius 1 is 0.821 bits per heavy atom. The zero-order chi connectivity index (χ0) is 19.8. The van der Waals surface area contributed by atoms with E-state index in [4.69, 9.17) is 4.74 Å². The van der Waals surface area contributed by atoms with Crippen LogP contribution in [-0.2, 0) is 4.79 Å². The average molecular weight is 372 g/mol. The van der Waals surface area contributed by atoms with Crippen molar-refractivity contribution in [2.45, 2.75) is 0 Å². The van der Waals surface area contributed by atoms with Gasteiger partial charge in [0.2, 0.25) is 5.91 Å². The number of hydrogen-bond acceptors (Lipinski definition) is 3. The molecule has 5 nitrogen and oxygen atoms in total. The summed E-state index contributed by atoms with van der Waals surface area (Å²) in [6.07, 6.45) is 3.12. The number of rotatable bonds is 6. The van der Waals surface area contributed by atoms with Gasteiger partial charge in [0, 0.05) is 11.8 Å². The van der Waals surface area contributed by atoms with Crippen LogP contribution in [0, 0.1) is 0 Å². The van der Waals surface area contributed by atoms with E-state index in [1.807, 2.05) is 42.5 Å². The van der Waals surface area contributed by atoms with Crippen molar-refractivity contribution in [1.82, 2.24) is 0 Å². The van der Waals surface area contributed by atoms with Gasteiger partial charge in [-0.25, -0.2) is 0 Å². The molecule has 0 aromatic heterocycles. The van der Waals surface area contributed by atoms with E-state index < -0.39 is 0 Å². The maximum Gasteiger partial charge on any atom is 0.257 e. The molecule has 0 fully saturated rings. The van der Waals surface area contributed by atoms with E-state index in [9.17, 15) is 9.59 Å². The topological polar surface area (TPSA) is 67.4 Å². The first-order chi connectivity index (χ1) is 13.7. The number of hydrogen-bond donors (Lipinski definition) is 2. The maximum absolute atomic E-state index is 12.6. The first-order valence-electron chi connectivity index (χ1n) is 8.74. The van der Waals surface area contributed by atoms with Gasteiger partial charge in [0.25, 0.3) is 5.91 Å². The van der Waals surface area contributed by atoms with Crippen LogP contribution in [0.3, 0.4) is 0 Å². The minimum absolute atomic E-state index is 0.291. The molecule has 5 heteroatoms. The molecule has 3 aromatic carbocycles. The number of para-hydroxylation sites is 2. The Morgan fingerprint density at radius 3 is 2.21 bits per heavy atom. The van der Waals surface area contributed by atoms with Crippen molar-refractivity contribution < 1.29 is 14.3 Å². The zero-order valence-corrected chi connectivity index (χ0v) is 15.4. The lowest BCUT2D eigenvalue weighted by Gasteiger charge is -2.10. The predicted molar refractivity (Wildman–Crippen MR) is 111 cm³/mol. The van der Waals surface area contributed by atoms with Crippen molar-refractivity contribution in [3.05, 3.63) is 96.1 Å². The molecule has 0 saturated heterocycles. The highest BCUT2D eigenvalue weighted by Gasteiger charge is 2.12. The van der Waals surface area contributed by atoms with Crippen LogP contribution in [0.4, 0.5) is 11.4 Å². The fraction of sp³-hybridized carbons (Fsp3) is 0.0435. The summed E-state index contributed by atoms with van der Waals surface area (Å²) in [4.78, 5) is 24.9. The molecule has 0 bridgehead atoms. The van der Waals surface area contributed by atoms with E-state index in [1.54, 1.807) is 49.6 Å². The molecule has 3 rings (SSSR count). The number of ether oxygens (including phenoxy) is 1. The third-order valence-corrected chi connectivity index (χ3v) is 4.00. The first-order valence-corrected chi connectivity index (χ1v) is 8.74. The van der Waals surface area contributed by atoms with Crippen LogP contribution in [-0.4, -0.2) is 18.9 Å². The zero-order valence-electron chi connectivity index (χ0n) is 15.4. The Labute approximate surface area is 163 Å². The average Bonchev–Trinajstić information content (AvgIpc) is 2.73. The Morgan fingerprint density at radius 2 is 1.50 bits per heavy atom. The van der Waals surface area contributed by atoms with E-state index in [1.165, 1.54) is 6.08 Å². The third-order valence-electron chi connectivity index (χ3n) is 4.00. The normalized spacial score (nSPS) is 10.5. The van der Waals surface area contributed by atoms with Gasteiger partial charge >= 0.3 is 0 Å². The van der Waals surface area contributed by atoms with Crippen LogP contribution in [0.1, 0.15) is 15.9 Å². The summed E-state index contributed by atoms with van der Waals surface area (Å²) < 4.78 is 5.11. The molecular weight excluding hydrogens is 352 g/mol. The van der Waals surface area contributed by atoms with Crippen LogP contribution in [0.15, 0.2) is 84.9 Å². The number of nitrogens with one attached hydrogen (secondary N) is 2. The number of benzene rings is 3. The maximum atomic E-state index is 12.6. The van der Waals surface area contributed by atoms with E-state index in [0.717, 1.165) is 11.3 Å². The van der Waals surface area contributed by atoms with E-state index in [-0.39, 0.29) is 11.8 Å². The van der Waals surface area contributed by atoms with Crippen molar-refractivity contribution in [3.8, 4) is 5.75 Å². The van der Waals surface area contributed by atoms with Gasteiger partial charge in [-0.2, -0.15) is 0 Å². The first kappa shape index (κ1) is 18.9. The summed E-state index contributed by atoms with van der Waals surface area (Å²) in [5.41, 5.74) is 2.39. The third kappa shape index (κ3) is 5.08. The Kier molecular flexibility index (Phi) is 6.21. The number of amides is 2. The molecule has 3 aromatic rings. The van der Waals surface area contributed by atoms with Gasteiger partial charge in [-0.3, -0.25) is 9.59 Å². The Balaban J connectivity index is 1.69. The van der Waals surface area contributed by atoms with Crippen molar-refractivity contribution in [3.63, 3.8) is 0 Å². The van der Waals surface area contributed by atoms with Crippen molar-refractivity contribution in [2.24, 2.45) is 0 Å². The van der Waals surface area contributed by atoms with Crippen molar-refractivity contribution in [2.75, 3.05) is 17.7 Å². The molecule has 0 aliphatic carbocycles. The van der Waals surface area contributed by atoms with Gasteiger partial charge in [-0.15, -0.1) is 0 Å². The SMILES string of the molecule is COc1ccc(/C=C/C(=O)Nc2ccccc2C(=O)Nc2ccccc2)cc1. The molecule has 0 radical (unpaired) electrons. The smallest absolute Gasteiger partial charge is 0.257 e. The van der Waals surface area contributed by atoms with Crippen LogP contribution in [0.25, 0.3) is 6.08 Å². The second kappa shape index (κ2) is 9.19.